The maximum absolute atomic E-state index is 6.15. The summed E-state index contributed by atoms with van der Waals surface area (Å²) in [5, 5.41) is 3.34. The highest BCUT2D eigenvalue weighted by Crippen LogP contribution is 2.24. The van der Waals surface area contributed by atoms with Crippen molar-refractivity contribution in [1.29, 1.82) is 0 Å². The molecule has 2 nitrogen and oxygen atoms in total. The lowest BCUT2D eigenvalue weighted by Crippen LogP contribution is -2.32. The standard InChI is InChI=1S/C12H22N2S/c1-5-12(4,13)10-8-15-11(14-10)7-6-9(2)3/h8-9H,5-7,13H2,1-4H3. The van der Waals surface area contributed by atoms with E-state index in [-0.39, 0.29) is 5.54 Å². The lowest BCUT2D eigenvalue weighted by Gasteiger charge is -2.19. The van der Waals surface area contributed by atoms with Gasteiger partial charge in [-0.25, -0.2) is 4.98 Å². The maximum Gasteiger partial charge on any atom is 0.0929 e. The number of aromatic nitrogens is 1. The van der Waals surface area contributed by atoms with Crippen molar-refractivity contribution in [3.8, 4) is 0 Å². The number of aryl methyl sites for hydroxylation is 1. The summed E-state index contributed by atoms with van der Waals surface area (Å²) in [6, 6.07) is 0. The van der Waals surface area contributed by atoms with Crippen LogP contribution in [0.2, 0.25) is 0 Å². The van der Waals surface area contributed by atoms with Crippen LogP contribution in [-0.4, -0.2) is 4.98 Å². The van der Waals surface area contributed by atoms with Crippen molar-refractivity contribution < 1.29 is 0 Å². The molecule has 0 saturated carbocycles. The number of hydrogen-bond acceptors (Lipinski definition) is 3. The first-order chi connectivity index (χ1) is 6.95. The Bertz CT molecular complexity index is 302. The van der Waals surface area contributed by atoms with Gasteiger partial charge in [-0.1, -0.05) is 20.8 Å². The Hall–Kier alpha value is -0.410. The maximum atomic E-state index is 6.15. The fourth-order valence-corrected chi connectivity index (χ4v) is 2.24. The van der Waals surface area contributed by atoms with E-state index in [2.05, 4.69) is 31.1 Å². The molecule has 86 valence electrons. The van der Waals surface area contributed by atoms with Crippen LogP contribution in [0.15, 0.2) is 5.38 Å². The molecule has 0 aliphatic carbocycles. The molecule has 1 rings (SSSR count). The van der Waals surface area contributed by atoms with Crippen LogP contribution >= 0.6 is 11.3 Å². The van der Waals surface area contributed by atoms with Gasteiger partial charge in [-0.2, -0.15) is 0 Å². The van der Waals surface area contributed by atoms with Crippen molar-refractivity contribution in [2.45, 2.75) is 52.5 Å². The Balaban J connectivity index is 2.64. The lowest BCUT2D eigenvalue weighted by atomic mass is 9.97. The van der Waals surface area contributed by atoms with Gasteiger partial charge in [0.15, 0.2) is 0 Å². The molecule has 1 atom stereocenters. The summed E-state index contributed by atoms with van der Waals surface area (Å²) in [6.45, 7) is 8.64. The molecule has 3 heteroatoms. The largest absolute Gasteiger partial charge is 0.320 e. The topological polar surface area (TPSA) is 38.9 Å². The van der Waals surface area contributed by atoms with Crippen LogP contribution < -0.4 is 5.73 Å². The van der Waals surface area contributed by atoms with E-state index < -0.39 is 0 Å². The van der Waals surface area contributed by atoms with Gasteiger partial charge in [-0.05, 0) is 32.1 Å². The molecule has 1 unspecified atom stereocenters. The number of hydrogen-bond donors (Lipinski definition) is 1. The van der Waals surface area contributed by atoms with Gasteiger partial charge in [-0.15, -0.1) is 11.3 Å². The molecule has 0 fully saturated rings. The minimum Gasteiger partial charge on any atom is -0.320 e. The van der Waals surface area contributed by atoms with Crippen LogP contribution in [0.5, 0.6) is 0 Å². The monoisotopic (exact) mass is 226 g/mol. The van der Waals surface area contributed by atoms with E-state index in [4.69, 9.17) is 5.73 Å². The van der Waals surface area contributed by atoms with Crippen LogP contribution in [0, 0.1) is 5.92 Å². The minimum absolute atomic E-state index is 0.257. The smallest absolute Gasteiger partial charge is 0.0929 e. The van der Waals surface area contributed by atoms with E-state index >= 15 is 0 Å². The zero-order valence-corrected chi connectivity index (χ0v) is 11.0. The van der Waals surface area contributed by atoms with E-state index in [1.165, 1.54) is 11.4 Å². The second-order valence-electron chi connectivity index (χ2n) is 4.83. The first-order valence-electron chi connectivity index (χ1n) is 5.69. The SMILES string of the molecule is CCC(C)(N)c1csc(CCC(C)C)n1. The second kappa shape index (κ2) is 5.08. The molecule has 0 aromatic carbocycles. The summed E-state index contributed by atoms with van der Waals surface area (Å²) < 4.78 is 0. The molecule has 0 aliphatic heterocycles. The summed E-state index contributed by atoms with van der Waals surface area (Å²) in [6.07, 6.45) is 3.23. The van der Waals surface area contributed by atoms with E-state index in [9.17, 15) is 0 Å². The Morgan fingerprint density at radius 2 is 2.20 bits per heavy atom. The Kier molecular flexibility index (Phi) is 4.29. The van der Waals surface area contributed by atoms with Crippen molar-refractivity contribution in [3.05, 3.63) is 16.1 Å². The molecular weight excluding hydrogens is 204 g/mol. The van der Waals surface area contributed by atoms with Crippen molar-refractivity contribution in [1.82, 2.24) is 4.98 Å². The van der Waals surface area contributed by atoms with E-state index in [0.717, 1.165) is 24.5 Å². The van der Waals surface area contributed by atoms with Gasteiger partial charge in [0.2, 0.25) is 0 Å². The lowest BCUT2D eigenvalue weighted by molar-refractivity contribution is 0.462. The van der Waals surface area contributed by atoms with Crippen molar-refractivity contribution in [3.63, 3.8) is 0 Å². The minimum atomic E-state index is -0.257. The third kappa shape index (κ3) is 3.58. The van der Waals surface area contributed by atoms with Gasteiger partial charge in [0, 0.05) is 5.38 Å². The van der Waals surface area contributed by atoms with Crippen LogP contribution in [0.3, 0.4) is 0 Å². The number of nitrogens with zero attached hydrogens (tertiary/aromatic N) is 1. The average Bonchev–Trinajstić information content (AvgIpc) is 2.63. The molecule has 15 heavy (non-hydrogen) atoms. The summed E-state index contributed by atoms with van der Waals surface area (Å²) >= 11 is 1.74. The normalized spacial score (nSPS) is 15.6. The first kappa shape index (κ1) is 12.7. The summed E-state index contributed by atoms with van der Waals surface area (Å²) in [4.78, 5) is 4.62. The molecule has 0 bridgehead atoms. The number of nitrogens with two attached hydrogens (primary N) is 1. The quantitative estimate of drug-likeness (QED) is 0.836. The molecule has 0 saturated heterocycles. The fourth-order valence-electron chi connectivity index (χ4n) is 1.28. The summed E-state index contributed by atoms with van der Waals surface area (Å²) in [5.41, 5.74) is 6.94. The third-order valence-electron chi connectivity index (χ3n) is 2.81. The molecule has 1 aromatic heterocycles. The highest BCUT2D eigenvalue weighted by atomic mass is 32.1. The Morgan fingerprint density at radius 1 is 1.53 bits per heavy atom. The van der Waals surface area contributed by atoms with E-state index in [1.807, 2.05) is 6.92 Å². The molecule has 0 aliphatic rings. The second-order valence-corrected chi connectivity index (χ2v) is 5.77. The van der Waals surface area contributed by atoms with Gasteiger partial charge in [-0.3, -0.25) is 0 Å². The molecular formula is C12H22N2S. The number of rotatable bonds is 5. The molecule has 0 amide bonds. The van der Waals surface area contributed by atoms with E-state index in [1.54, 1.807) is 11.3 Å². The van der Waals surface area contributed by atoms with Gasteiger partial charge in [0.1, 0.15) is 0 Å². The van der Waals surface area contributed by atoms with Crippen LogP contribution in [0.1, 0.15) is 51.2 Å². The predicted octanol–water partition coefficient (Wildman–Crippen LogP) is 3.32. The predicted molar refractivity (Wildman–Crippen MR) is 67.1 cm³/mol. The molecule has 0 radical (unpaired) electrons. The van der Waals surface area contributed by atoms with Crippen LogP contribution in [0.4, 0.5) is 0 Å². The van der Waals surface area contributed by atoms with Gasteiger partial charge in [0.05, 0.1) is 16.2 Å². The van der Waals surface area contributed by atoms with Crippen molar-refractivity contribution >= 4 is 11.3 Å². The van der Waals surface area contributed by atoms with Crippen LogP contribution in [0.25, 0.3) is 0 Å². The average molecular weight is 226 g/mol. The third-order valence-corrected chi connectivity index (χ3v) is 3.72. The molecule has 1 heterocycles. The zero-order valence-electron chi connectivity index (χ0n) is 10.2. The van der Waals surface area contributed by atoms with Gasteiger partial charge < -0.3 is 5.73 Å². The summed E-state index contributed by atoms with van der Waals surface area (Å²) in [7, 11) is 0. The van der Waals surface area contributed by atoms with Gasteiger partial charge >= 0.3 is 0 Å². The molecule has 0 spiro atoms. The number of thiazole rings is 1. The molecule has 2 N–H and O–H groups in total. The van der Waals surface area contributed by atoms with Gasteiger partial charge in [0.25, 0.3) is 0 Å². The highest BCUT2D eigenvalue weighted by molar-refractivity contribution is 7.09. The Labute approximate surface area is 96.9 Å². The fraction of sp³-hybridized carbons (Fsp3) is 0.750. The molecule has 1 aromatic rings. The Morgan fingerprint density at radius 3 is 2.73 bits per heavy atom. The zero-order chi connectivity index (χ0) is 11.5. The highest BCUT2D eigenvalue weighted by Gasteiger charge is 2.21. The van der Waals surface area contributed by atoms with E-state index in [0.29, 0.717) is 0 Å². The van der Waals surface area contributed by atoms with Crippen LogP contribution in [-0.2, 0) is 12.0 Å². The van der Waals surface area contributed by atoms with Crippen molar-refractivity contribution in [2.24, 2.45) is 11.7 Å². The van der Waals surface area contributed by atoms with Crippen molar-refractivity contribution in [2.75, 3.05) is 0 Å². The summed E-state index contributed by atoms with van der Waals surface area (Å²) in [5.74, 6) is 0.743. The first-order valence-corrected chi connectivity index (χ1v) is 6.57.